The number of benzene rings is 1. The second kappa shape index (κ2) is 6.84. The molecule has 0 spiro atoms. The summed E-state index contributed by atoms with van der Waals surface area (Å²) in [6.45, 7) is 23.8. The Bertz CT molecular complexity index is 692. The fourth-order valence-electron chi connectivity index (χ4n) is 2.71. The number of rotatable bonds is 4. The first-order chi connectivity index (χ1) is 11.9. The quantitative estimate of drug-likeness (QED) is 0.457. The van der Waals surface area contributed by atoms with E-state index in [1.165, 1.54) is 5.23 Å². The summed E-state index contributed by atoms with van der Waals surface area (Å²) >= 11 is 3.74. The van der Waals surface area contributed by atoms with E-state index in [1.54, 1.807) is 0 Å². The third-order valence-electron chi connectivity index (χ3n) is 6.20. The second-order valence-electron chi connectivity index (χ2n) is 10.5. The number of nitrogens with zero attached hydrogens (tertiary/aromatic N) is 1. The Labute approximate surface area is 174 Å². The minimum Gasteiger partial charge on any atom is -0.408 e. The molecule has 0 aliphatic carbocycles. The molecular formula is C21H36BrNO3Si. The molecule has 4 nitrogen and oxygen atoms in total. The van der Waals surface area contributed by atoms with Gasteiger partial charge in [0, 0.05) is 4.47 Å². The molecule has 6 heteroatoms. The lowest BCUT2D eigenvalue weighted by molar-refractivity contribution is -0.0273. The fourth-order valence-corrected chi connectivity index (χ4v) is 5.25. The van der Waals surface area contributed by atoms with Crippen molar-refractivity contribution < 1.29 is 14.1 Å². The molecular weight excluding hydrogens is 422 g/mol. The fraction of sp³-hybridized carbons (Fsp3) is 0.714. The second-order valence-corrected chi connectivity index (χ2v) is 16.1. The van der Waals surface area contributed by atoms with E-state index in [0.29, 0.717) is 0 Å². The summed E-state index contributed by atoms with van der Waals surface area (Å²) in [5.41, 5.74) is 0.748. The molecule has 1 aromatic carbocycles. The normalized spacial score (nSPS) is 20.2. The highest BCUT2D eigenvalue weighted by molar-refractivity contribution is 9.10. The predicted octanol–water partition coefficient (Wildman–Crippen LogP) is 6.95. The van der Waals surface area contributed by atoms with Gasteiger partial charge in [-0.05, 0) is 77.4 Å². The largest absolute Gasteiger partial charge is 0.408 e. The van der Waals surface area contributed by atoms with E-state index in [4.69, 9.17) is 14.1 Å². The standard InChI is InChI=1S/C21H36BrNO3Si/c1-18(2,3)27(10,11)26-19(4,5)16-13-12-15(14-17(16)22)23-24-20(6,7)21(8,9)25-23/h12-14H,1-11H3. The zero-order valence-electron chi connectivity index (χ0n) is 18.8. The Balaban J connectivity index is 2.29. The summed E-state index contributed by atoms with van der Waals surface area (Å²) in [6.07, 6.45) is 0. The molecule has 0 saturated carbocycles. The molecule has 0 N–H and O–H groups in total. The van der Waals surface area contributed by atoms with Gasteiger partial charge in [0.05, 0.1) is 11.3 Å². The summed E-state index contributed by atoms with van der Waals surface area (Å²) in [4.78, 5) is 12.0. The van der Waals surface area contributed by atoms with Crippen LogP contribution in [0.4, 0.5) is 5.69 Å². The lowest BCUT2D eigenvalue weighted by atomic mass is 9.90. The Morgan fingerprint density at radius 3 is 1.85 bits per heavy atom. The van der Waals surface area contributed by atoms with Crippen LogP contribution in [0.15, 0.2) is 22.7 Å². The van der Waals surface area contributed by atoms with Gasteiger partial charge in [-0.15, -0.1) is 5.23 Å². The van der Waals surface area contributed by atoms with Crippen molar-refractivity contribution in [3.05, 3.63) is 28.2 Å². The first-order valence-electron chi connectivity index (χ1n) is 9.58. The minimum absolute atomic E-state index is 0.158. The predicted molar refractivity (Wildman–Crippen MR) is 118 cm³/mol. The molecule has 27 heavy (non-hydrogen) atoms. The van der Waals surface area contributed by atoms with Crippen LogP contribution in [0.2, 0.25) is 18.1 Å². The van der Waals surface area contributed by atoms with Crippen LogP contribution < -0.4 is 5.23 Å². The van der Waals surface area contributed by atoms with Gasteiger partial charge in [-0.3, -0.25) is 0 Å². The van der Waals surface area contributed by atoms with E-state index in [-0.39, 0.29) is 5.04 Å². The molecule has 0 radical (unpaired) electrons. The van der Waals surface area contributed by atoms with Crippen LogP contribution in [0.3, 0.4) is 0 Å². The SMILES string of the molecule is CC(C)(O[Si](C)(C)C(C)(C)C)c1ccc(N2OC(C)(C)C(C)(C)O2)cc1Br. The van der Waals surface area contributed by atoms with Crippen LogP contribution in [-0.4, -0.2) is 19.5 Å². The Morgan fingerprint density at radius 1 is 0.963 bits per heavy atom. The van der Waals surface area contributed by atoms with E-state index in [9.17, 15) is 0 Å². The maximum atomic E-state index is 6.72. The number of hydrogen-bond donors (Lipinski definition) is 0. The van der Waals surface area contributed by atoms with Crippen molar-refractivity contribution in [3.63, 3.8) is 0 Å². The van der Waals surface area contributed by atoms with Gasteiger partial charge in [-0.1, -0.05) is 42.8 Å². The molecule has 2 rings (SSSR count). The van der Waals surface area contributed by atoms with Gasteiger partial charge < -0.3 is 4.43 Å². The molecule has 0 aromatic heterocycles. The van der Waals surface area contributed by atoms with Crippen LogP contribution in [0.1, 0.15) is 67.9 Å². The van der Waals surface area contributed by atoms with Gasteiger partial charge in [-0.2, -0.15) is 0 Å². The number of anilines is 1. The van der Waals surface area contributed by atoms with E-state index in [0.717, 1.165) is 15.7 Å². The molecule has 154 valence electrons. The van der Waals surface area contributed by atoms with Gasteiger partial charge in [0.15, 0.2) is 8.32 Å². The highest BCUT2D eigenvalue weighted by atomic mass is 79.9. The van der Waals surface area contributed by atoms with Crippen LogP contribution in [0.25, 0.3) is 0 Å². The van der Waals surface area contributed by atoms with E-state index < -0.39 is 25.1 Å². The van der Waals surface area contributed by atoms with Crippen molar-refractivity contribution in [3.8, 4) is 0 Å². The highest BCUT2D eigenvalue weighted by Gasteiger charge is 2.50. The van der Waals surface area contributed by atoms with Gasteiger partial charge >= 0.3 is 0 Å². The lowest BCUT2D eigenvalue weighted by Crippen LogP contribution is -2.46. The maximum Gasteiger partial charge on any atom is 0.193 e. The summed E-state index contributed by atoms with van der Waals surface area (Å²) in [6, 6.07) is 6.15. The molecule has 0 amide bonds. The molecule has 1 heterocycles. The molecule has 1 saturated heterocycles. The lowest BCUT2D eigenvalue weighted by Gasteiger charge is -2.43. The smallest absolute Gasteiger partial charge is 0.193 e. The average molecular weight is 459 g/mol. The van der Waals surface area contributed by atoms with E-state index in [1.807, 2.05) is 39.8 Å². The van der Waals surface area contributed by atoms with E-state index >= 15 is 0 Å². The minimum atomic E-state index is -1.90. The number of hydrogen-bond acceptors (Lipinski definition) is 4. The van der Waals surface area contributed by atoms with Crippen molar-refractivity contribution >= 4 is 29.9 Å². The highest BCUT2D eigenvalue weighted by Crippen LogP contribution is 2.45. The maximum absolute atomic E-state index is 6.72. The zero-order valence-corrected chi connectivity index (χ0v) is 21.4. The van der Waals surface area contributed by atoms with Crippen molar-refractivity contribution in [1.29, 1.82) is 0 Å². The van der Waals surface area contributed by atoms with Crippen LogP contribution >= 0.6 is 15.9 Å². The van der Waals surface area contributed by atoms with Crippen molar-refractivity contribution in [2.45, 2.75) is 97.2 Å². The third kappa shape index (κ3) is 4.45. The van der Waals surface area contributed by atoms with Gasteiger partial charge in [0.1, 0.15) is 11.2 Å². The molecule has 0 bridgehead atoms. The monoisotopic (exact) mass is 457 g/mol. The molecule has 1 aliphatic heterocycles. The van der Waals surface area contributed by atoms with Crippen LogP contribution in [0, 0.1) is 0 Å². The van der Waals surface area contributed by atoms with Crippen LogP contribution in [-0.2, 0) is 19.7 Å². The summed E-state index contributed by atoms with van der Waals surface area (Å²) < 4.78 is 7.71. The van der Waals surface area contributed by atoms with E-state index in [2.05, 4.69) is 69.7 Å². The van der Waals surface area contributed by atoms with Gasteiger partial charge in [0.25, 0.3) is 0 Å². The first kappa shape index (κ1) is 22.9. The molecule has 0 unspecified atom stereocenters. The zero-order chi connectivity index (χ0) is 21.1. The van der Waals surface area contributed by atoms with Crippen molar-refractivity contribution in [1.82, 2.24) is 0 Å². The Hall–Kier alpha value is -0.403. The van der Waals surface area contributed by atoms with Crippen molar-refractivity contribution in [2.75, 3.05) is 5.23 Å². The summed E-state index contributed by atoms with van der Waals surface area (Å²) in [5, 5.41) is 1.68. The Morgan fingerprint density at radius 2 is 1.44 bits per heavy atom. The van der Waals surface area contributed by atoms with Crippen molar-refractivity contribution in [2.24, 2.45) is 0 Å². The molecule has 1 aliphatic rings. The molecule has 1 aromatic rings. The first-order valence-corrected chi connectivity index (χ1v) is 13.3. The topological polar surface area (TPSA) is 30.9 Å². The number of halogens is 1. The summed E-state index contributed by atoms with van der Waals surface area (Å²) in [5.74, 6) is 0. The Kier molecular flexibility index (Phi) is 5.79. The van der Waals surface area contributed by atoms with Gasteiger partial charge in [-0.25, -0.2) is 9.68 Å². The van der Waals surface area contributed by atoms with Gasteiger partial charge in [0.2, 0.25) is 0 Å². The average Bonchev–Trinajstić information content (AvgIpc) is 2.64. The third-order valence-corrected chi connectivity index (χ3v) is 11.5. The molecule has 0 atom stereocenters. The summed E-state index contributed by atoms with van der Waals surface area (Å²) in [7, 11) is -1.90. The molecule has 1 fully saturated rings. The van der Waals surface area contributed by atoms with Crippen LogP contribution in [0.5, 0.6) is 0 Å².